The van der Waals surface area contributed by atoms with Crippen molar-refractivity contribution >= 4 is 29.1 Å². The Bertz CT molecular complexity index is 813. The normalized spacial score (nSPS) is 10.4. The average molecular weight is 361 g/mol. The monoisotopic (exact) mass is 360 g/mol. The molecule has 1 aromatic heterocycles. The highest BCUT2D eigenvalue weighted by Crippen LogP contribution is 2.21. The summed E-state index contributed by atoms with van der Waals surface area (Å²) in [5.41, 5.74) is 2.97. The Hall–Kier alpha value is -2.60. The molecule has 0 unspecified atom stereocenters. The summed E-state index contributed by atoms with van der Waals surface area (Å²) < 4.78 is 1.59. The second kappa shape index (κ2) is 7.98. The number of aromatic nitrogens is 2. The van der Waals surface area contributed by atoms with Gasteiger partial charge < -0.3 is 10.2 Å². The Morgan fingerprint density at radius 1 is 1.40 bits per heavy atom. The third kappa shape index (κ3) is 4.48. The Morgan fingerprint density at radius 3 is 2.68 bits per heavy atom. The number of halogens is 1. The van der Waals surface area contributed by atoms with Gasteiger partial charge in [-0.3, -0.25) is 14.3 Å². The van der Waals surface area contributed by atoms with Crippen molar-refractivity contribution in [1.29, 1.82) is 0 Å². The van der Waals surface area contributed by atoms with Crippen molar-refractivity contribution in [2.45, 2.75) is 19.9 Å². The van der Waals surface area contributed by atoms with Gasteiger partial charge in [0.25, 0.3) is 0 Å². The maximum absolute atomic E-state index is 12.6. The van der Waals surface area contributed by atoms with Crippen molar-refractivity contribution in [1.82, 2.24) is 14.7 Å². The van der Waals surface area contributed by atoms with E-state index in [4.69, 9.17) is 11.6 Å². The predicted molar refractivity (Wildman–Crippen MR) is 98.4 cm³/mol. The number of carbonyl (C=O) groups is 2. The molecule has 0 aliphatic rings. The summed E-state index contributed by atoms with van der Waals surface area (Å²) in [5.74, 6) is -0.398. The fourth-order valence-electron chi connectivity index (χ4n) is 2.46. The Morgan fingerprint density at radius 2 is 2.08 bits per heavy atom. The minimum absolute atomic E-state index is 0.0837. The van der Waals surface area contributed by atoms with Gasteiger partial charge in [-0.15, -0.1) is 0 Å². The molecule has 25 heavy (non-hydrogen) atoms. The van der Waals surface area contributed by atoms with E-state index in [1.54, 1.807) is 35.8 Å². The minimum Gasteiger partial charge on any atom is -0.341 e. The molecule has 0 atom stereocenters. The number of benzene rings is 1. The molecule has 7 heteroatoms. The van der Waals surface area contributed by atoms with E-state index >= 15 is 0 Å². The summed E-state index contributed by atoms with van der Waals surface area (Å²) in [6.07, 6.45) is 1.36. The molecular formula is C18H21ClN4O2. The topological polar surface area (TPSA) is 67.2 Å². The number of hydrogen-bond acceptors (Lipinski definition) is 3. The first kappa shape index (κ1) is 18.7. The number of amides is 2. The van der Waals surface area contributed by atoms with Crippen LogP contribution in [0.5, 0.6) is 0 Å². The molecule has 0 aliphatic heterocycles. The van der Waals surface area contributed by atoms with Gasteiger partial charge in [-0.2, -0.15) is 5.10 Å². The smallest absolute Gasteiger partial charge is 0.247 e. The molecule has 1 heterocycles. The van der Waals surface area contributed by atoms with Gasteiger partial charge in [0, 0.05) is 25.3 Å². The molecule has 6 nitrogen and oxygen atoms in total. The number of para-hydroxylation sites is 1. The van der Waals surface area contributed by atoms with Crippen LogP contribution in [0.25, 0.3) is 0 Å². The minimum atomic E-state index is -0.314. The average Bonchev–Trinajstić information content (AvgIpc) is 2.82. The van der Waals surface area contributed by atoms with Crippen LogP contribution in [0.1, 0.15) is 16.8 Å². The van der Waals surface area contributed by atoms with Gasteiger partial charge in [-0.05, 0) is 24.6 Å². The molecule has 2 amide bonds. The van der Waals surface area contributed by atoms with Gasteiger partial charge >= 0.3 is 0 Å². The lowest BCUT2D eigenvalue weighted by atomic mass is 10.1. The number of rotatable bonds is 6. The Labute approximate surface area is 152 Å². The van der Waals surface area contributed by atoms with E-state index in [-0.39, 0.29) is 18.2 Å². The van der Waals surface area contributed by atoms with Gasteiger partial charge in [0.2, 0.25) is 11.8 Å². The molecule has 132 valence electrons. The number of aryl methyl sites for hydroxylation is 2. The molecule has 0 saturated heterocycles. The largest absolute Gasteiger partial charge is 0.341 e. The number of nitrogens with one attached hydrogen (secondary N) is 1. The van der Waals surface area contributed by atoms with Gasteiger partial charge in [0.1, 0.15) is 5.15 Å². The number of likely N-dealkylation sites (N-methyl/N-ethyl adjacent to an activating group) is 1. The molecule has 2 aromatic rings. The van der Waals surface area contributed by atoms with Crippen LogP contribution in [0.3, 0.4) is 0 Å². The standard InChI is InChI=1S/C18H21ClN4O2/c1-5-16(24)20-15-9-7-6-8-13(15)10-17(25)22(3)11-14-12(2)21-23(4)18(14)19/h5-9H,1,10-11H2,2-4H3,(H,20,24). The second-order valence-electron chi connectivity index (χ2n) is 5.76. The SMILES string of the molecule is C=CC(=O)Nc1ccccc1CC(=O)N(C)Cc1c(C)nn(C)c1Cl. The van der Waals surface area contributed by atoms with Crippen LogP contribution in [-0.2, 0) is 29.6 Å². The first-order valence-corrected chi connectivity index (χ1v) is 8.14. The highest BCUT2D eigenvalue weighted by Gasteiger charge is 2.18. The quantitative estimate of drug-likeness (QED) is 0.805. The fraction of sp³-hybridized carbons (Fsp3) is 0.278. The van der Waals surface area contributed by atoms with Gasteiger partial charge in [-0.1, -0.05) is 36.4 Å². The second-order valence-corrected chi connectivity index (χ2v) is 6.11. The number of hydrogen-bond donors (Lipinski definition) is 1. The zero-order chi connectivity index (χ0) is 18.6. The van der Waals surface area contributed by atoms with Crippen molar-refractivity contribution in [3.63, 3.8) is 0 Å². The van der Waals surface area contributed by atoms with E-state index in [1.165, 1.54) is 6.08 Å². The van der Waals surface area contributed by atoms with E-state index < -0.39 is 0 Å². The van der Waals surface area contributed by atoms with Gasteiger partial charge in [0.05, 0.1) is 18.7 Å². The van der Waals surface area contributed by atoms with E-state index in [0.717, 1.165) is 16.8 Å². The first-order chi connectivity index (χ1) is 11.8. The molecule has 1 N–H and O–H groups in total. The lowest BCUT2D eigenvalue weighted by molar-refractivity contribution is -0.129. The lowest BCUT2D eigenvalue weighted by Crippen LogP contribution is -2.28. The Kier molecular flexibility index (Phi) is 5.98. The zero-order valence-corrected chi connectivity index (χ0v) is 15.3. The lowest BCUT2D eigenvalue weighted by Gasteiger charge is -2.18. The van der Waals surface area contributed by atoms with Crippen molar-refractivity contribution in [3.05, 3.63) is 58.9 Å². The van der Waals surface area contributed by atoms with E-state index in [1.807, 2.05) is 19.1 Å². The van der Waals surface area contributed by atoms with E-state index in [2.05, 4.69) is 17.0 Å². The molecular weight excluding hydrogens is 340 g/mol. The van der Waals surface area contributed by atoms with Crippen molar-refractivity contribution < 1.29 is 9.59 Å². The molecule has 2 rings (SSSR count). The molecule has 0 aliphatic carbocycles. The van der Waals surface area contributed by atoms with Crippen LogP contribution in [0, 0.1) is 6.92 Å². The third-order valence-corrected chi connectivity index (χ3v) is 4.37. The number of anilines is 1. The van der Waals surface area contributed by atoms with Gasteiger partial charge in [-0.25, -0.2) is 0 Å². The molecule has 0 spiro atoms. The molecule has 0 bridgehead atoms. The van der Waals surface area contributed by atoms with Crippen LogP contribution in [-0.4, -0.2) is 33.5 Å². The van der Waals surface area contributed by atoms with E-state index in [0.29, 0.717) is 17.4 Å². The number of nitrogens with zero attached hydrogens (tertiary/aromatic N) is 3. The summed E-state index contributed by atoms with van der Waals surface area (Å²) in [4.78, 5) is 25.7. The van der Waals surface area contributed by atoms with Crippen LogP contribution in [0.15, 0.2) is 36.9 Å². The fourth-order valence-corrected chi connectivity index (χ4v) is 2.69. The zero-order valence-electron chi connectivity index (χ0n) is 14.5. The summed E-state index contributed by atoms with van der Waals surface area (Å²) in [5, 5.41) is 7.49. The first-order valence-electron chi connectivity index (χ1n) is 7.76. The summed E-state index contributed by atoms with van der Waals surface area (Å²) in [7, 11) is 3.48. The van der Waals surface area contributed by atoms with Crippen molar-refractivity contribution in [3.8, 4) is 0 Å². The van der Waals surface area contributed by atoms with E-state index in [9.17, 15) is 9.59 Å². The van der Waals surface area contributed by atoms with Crippen LogP contribution in [0.2, 0.25) is 5.15 Å². The highest BCUT2D eigenvalue weighted by molar-refractivity contribution is 6.30. The molecule has 0 radical (unpaired) electrons. The summed E-state index contributed by atoms with van der Waals surface area (Å²) >= 11 is 6.23. The summed E-state index contributed by atoms with van der Waals surface area (Å²) in [6.45, 7) is 5.67. The van der Waals surface area contributed by atoms with Gasteiger partial charge in [0.15, 0.2) is 0 Å². The molecule has 0 saturated carbocycles. The van der Waals surface area contributed by atoms with Crippen molar-refractivity contribution in [2.75, 3.05) is 12.4 Å². The van der Waals surface area contributed by atoms with Crippen LogP contribution in [0.4, 0.5) is 5.69 Å². The molecule has 0 fully saturated rings. The third-order valence-electron chi connectivity index (χ3n) is 3.89. The highest BCUT2D eigenvalue weighted by atomic mass is 35.5. The summed E-state index contributed by atoms with van der Waals surface area (Å²) in [6, 6.07) is 7.20. The Balaban J connectivity index is 2.11. The number of carbonyl (C=O) groups excluding carboxylic acids is 2. The molecule has 1 aromatic carbocycles. The van der Waals surface area contributed by atoms with Crippen molar-refractivity contribution in [2.24, 2.45) is 7.05 Å². The maximum atomic E-state index is 12.6. The maximum Gasteiger partial charge on any atom is 0.247 e. The van der Waals surface area contributed by atoms with Crippen LogP contribution >= 0.6 is 11.6 Å². The predicted octanol–water partition coefficient (Wildman–Crippen LogP) is 2.71. The van der Waals surface area contributed by atoms with Crippen LogP contribution < -0.4 is 5.32 Å².